The van der Waals surface area contributed by atoms with Gasteiger partial charge in [-0.2, -0.15) is 0 Å². The van der Waals surface area contributed by atoms with Crippen molar-refractivity contribution in [2.24, 2.45) is 5.73 Å². The van der Waals surface area contributed by atoms with Crippen LogP contribution in [0.1, 0.15) is 18.4 Å². The highest BCUT2D eigenvalue weighted by atomic mass is 16.5. The number of hydrogen-bond acceptors (Lipinski definition) is 4. The monoisotopic (exact) mass is 258 g/mol. The summed E-state index contributed by atoms with van der Waals surface area (Å²) in [5.41, 5.74) is 7.65. The van der Waals surface area contributed by atoms with Crippen molar-refractivity contribution in [3.8, 4) is 5.75 Å². The van der Waals surface area contributed by atoms with Crippen molar-refractivity contribution >= 4 is 10.9 Å². The molecule has 1 aromatic carbocycles. The second-order valence-corrected chi connectivity index (χ2v) is 4.78. The fourth-order valence-corrected chi connectivity index (χ4v) is 2.43. The first-order valence-corrected chi connectivity index (χ1v) is 6.69. The third kappa shape index (κ3) is 2.55. The number of fused-ring (bicyclic) bond motifs is 1. The maximum absolute atomic E-state index is 5.98. The lowest BCUT2D eigenvalue weighted by Crippen LogP contribution is -2.17. The van der Waals surface area contributed by atoms with Crippen LogP contribution in [0.2, 0.25) is 0 Å². The SMILES string of the molecule is NCc1cnc2ccccc2c1OCC1CCCO1. The van der Waals surface area contributed by atoms with Crippen LogP contribution in [0, 0.1) is 0 Å². The van der Waals surface area contributed by atoms with Crippen molar-refractivity contribution in [1.82, 2.24) is 4.98 Å². The van der Waals surface area contributed by atoms with E-state index in [-0.39, 0.29) is 6.10 Å². The predicted molar refractivity (Wildman–Crippen MR) is 74.1 cm³/mol. The van der Waals surface area contributed by atoms with Crippen molar-refractivity contribution in [2.75, 3.05) is 13.2 Å². The average Bonchev–Trinajstić information content (AvgIpc) is 2.97. The number of nitrogens with two attached hydrogens (primary N) is 1. The van der Waals surface area contributed by atoms with Crippen LogP contribution in [0.4, 0.5) is 0 Å². The first kappa shape index (κ1) is 12.4. The van der Waals surface area contributed by atoms with Crippen LogP contribution in [-0.2, 0) is 11.3 Å². The van der Waals surface area contributed by atoms with Gasteiger partial charge in [-0.05, 0) is 25.0 Å². The van der Waals surface area contributed by atoms with Gasteiger partial charge < -0.3 is 15.2 Å². The molecule has 1 atom stereocenters. The molecule has 19 heavy (non-hydrogen) atoms. The molecule has 2 N–H and O–H groups in total. The summed E-state index contributed by atoms with van der Waals surface area (Å²) < 4.78 is 11.6. The minimum absolute atomic E-state index is 0.206. The minimum atomic E-state index is 0.206. The van der Waals surface area contributed by atoms with E-state index in [1.807, 2.05) is 24.3 Å². The van der Waals surface area contributed by atoms with Gasteiger partial charge in [0.1, 0.15) is 12.4 Å². The van der Waals surface area contributed by atoms with Crippen LogP contribution in [-0.4, -0.2) is 24.3 Å². The zero-order chi connectivity index (χ0) is 13.1. The number of benzene rings is 1. The Balaban J connectivity index is 1.90. The van der Waals surface area contributed by atoms with E-state index in [1.54, 1.807) is 6.20 Å². The van der Waals surface area contributed by atoms with Crippen LogP contribution < -0.4 is 10.5 Å². The second-order valence-electron chi connectivity index (χ2n) is 4.78. The molecule has 2 heterocycles. The molecule has 4 heteroatoms. The number of para-hydroxylation sites is 1. The van der Waals surface area contributed by atoms with E-state index < -0.39 is 0 Å². The molecule has 1 unspecified atom stereocenters. The Morgan fingerprint density at radius 3 is 3.05 bits per heavy atom. The standard InChI is InChI=1S/C15H18N2O2/c16-8-11-9-17-14-6-2-1-5-13(14)15(11)19-10-12-4-3-7-18-12/h1-2,5-6,9,12H,3-4,7-8,10,16H2. The molecule has 0 bridgehead atoms. The summed E-state index contributed by atoms with van der Waals surface area (Å²) in [5, 5.41) is 1.02. The maximum atomic E-state index is 5.98. The first-order chi connectivity index (χ1) is 9.38. The molecule has 1 aliphatic rings. The topological polar surface area (TPSA) is 57.4 Å². The van der Waals surface area contributed by atoms with Crippen molar-refractivity contribution < 1.29 is 9.47 Å². The van der Waals surface area contributed by atoms with Gasteiger partial charge in [-0.25, -0.2) is 0 Å². The normalized spacial score (nSPS) is 18.9. The summed E-state index contributed by atoms with van der Waals surface area (Å²) >= 11 is 0. The fraction of sp³-hybridized carbons (Fsp3) is 0.400. The molecule has 1 aromatic heterocycles. The quantitative estimate of drug-likeness (QED) is 0.913. The zero-order valence-electron chi connectivity index (χ0n) is 10.8. The molecule has 0 saturated carbocycles. The molecule has 3 rings (SSSR count). The molecule has 0 spiro atoms. The molecule has 4 nitrogen and oxygen atoms in total. The maximum Gasteiger partial charge on any atom is 0.134 e. The molecule has 0 amide bonds. The van der Waals surface area contributed by atoms with Crippen LogP contribution in [0.25, 0.3) is 10.9 Å². The van der Waals surface area contributed by atoms with Crippen molar-refractivity contribution in [3.63, 3.8) is 0 Å². The van der Waals surface area contributed by atoms with Crippen LogP contribution in [0.3, 0.4) is 0 Å². The van der Waals surface area contributed by atoms with Gasteiger partial charge >= 0.3 is 0 Å². The summed E-state index contributed by atoms with van der Waals surface area (Å²) in [4.78, 5) is 4.40. The number of ether oxygens (including phenoxy) is 2. The highest BCUT2D eigenvalue weighted by Gasteiger charge is 2.17. The first-order valence-electron chi connectivity index (χ1n) is 6.69. The Hall–Kier alpha value is -1.65. The summed E-state index contributed by atoms with van der Waals surface area (Å²) in [6, 6.07) is 7.96. The Morgan fingerprint density at radius 2 is 2.26 bits per heavy atom. The molecule has 100 valence electrons. The zero-order valence-corrected chi connectivity index (χ0v) is 10.8. The highest BCUT2D eigenvalue weighted by Crippen LogP contribution is 2.28. The lowest BCUT2D eigenvalue weighted by Gasteiger charge is -2.15. The average molecular weight is 258 g/mol. The third-order valence-corrected chi connectivity index (χ3v) is 3.46. The third-order valence-electron chi connectivity index (χ3n) is 3.46. The molecule has 2 aromatic rings. The number of pyridine rings is 1. The highest BCUT2D eigenvalue weighted by molar-refractivity contribution is 5.86. The van der Waals surface area contributed by atoms with Crippen molar-refractivity contribution in [1.29, 1.82) is 0 Å². The minimum Gasteiger partial charge on any atom is -0.490 e. The Morgan fingerprint density at radius 1 is 1.37 bits per heavy atom. The predicted octanol–water partition coefficient (Wildman–Crippen LogP) is 2.25. The van der Waals surface area contributed by atoms with Gasteiger partial charge in [0.2, 0.25) is 0 Å². The second kappa shape index (κ2) is 5.55. The number of hydrogen-bond donors (Lipinski definition) is 1. The molecular formula is C15H18N2O2. The Labute approximate surface area is 112 Å². The van der Waals surface area contributed by atoms with Crippen molar-refractivity contribution in [2.45, 2.75) is 25.5 Å². The van der Waals surface area contributed by atoms with E-state index in [2.05, 4.69) is 4.98 Å². The summed E-state index contributed by atoms with van der Waals surface area (Å²) in [6.07, 6.45) is 4.20. The van der Waals surface area contributed by atoms with E-state index in [9.17, 15) is 0 Å². The number of rotatable bonds is 4. The summed E-state index contributed by atoms with van der Waals surface area (Å²) in [6.45, 7) is 1.86. The van der Waals surface area contributed by atoms with E-state index >= 15 is 0 Å². The van der Waals surface area contributed by atoms with Crippen LogP contribution in [0.15, 0.2) is 30.5 Å². The Bertz CT molecular complexity index is 565. The summed E-state index contributed by atoms with van der Waals surface area (Å²) in [7, 11) is 0. The summed E-state index contributed by atoms with van der Waals surface area (Å²) in [5.74, 6) is 0.851. The van der Waals surface area contributed by atoms with Gasteiger partial charge in [0.15, 0.2) is 0 Å². The van der Waals surface area contributed by atoms with Gasteiger partial charge in [-0.15, -0.1) is 0 Å². The van der Waals surface area contributed by atoms with Crippen LogP contribution in [0.5, 0.6) is 5.75 Å². The van der Waals surface area contributed by atoms with Crippen molar-refractivity contribution in [3.05, 3.63) is 36.0 Å². The number of nitrogens with zero attached hydrogens (tertiary/aromatic N) is 1. The van der Waals surface area contributed by atoms with Gasteiger partial charge in [0.25, 0.3) is 0 Å². The smallest absolute Gasteiger partial charge is 0.134 e. The Kier molecular flexibility index (Phi) is 3.62. The van der Waals surface area contributed by atoms with Crippen LogP contribution >= 0.6 is 0 Å². The van der Waals surface area contributed by atoms with E-state index in [0.717, 1.165) is 41.7 Å². The van der Waals surface area contributed by atoms with E-state index in [1.165, 1.54) is 0 Å². The largest absolute Gasteiger partial charge is 0.490 e. The van der Waals surface area contributed by atoms with Gasteiger partial charge in [-0.3, -0.25) is 4.98 Å². The van der Waals surface area contributed by atoms with E-state index in [0.29, 0.717) is 13.2 Å². The van der Waals surface area contributed by atoms with E-state index in [4.69, 9.17) is 15.2 Å². The molecule has 1 fully saturated rings. The molecule has 0 aliphatic carbocycles. The number of aromatic nitrogens is 1. The lowest BCUT2D eigenvalue weighted by atomic mass is 10.1. The van der Waals surface area contributed by atoms with Gasteiger partial charge in [0, 0.05) is 30.3 Å². The van der Waals surface area contributed by atoms with Gasteiger partial charge in [0.05, 0.1) is 11.6 Å². The lowest BCUT2D eigenvalue weighted by molar-refractivity contribution is 0.0681. The van der Waals surface area contributed by atoms with Gasteiger partial charge in [-0.1, -0.05) is 12.1 Å². The molecule has 1 aliphatic heterocycles. The molecule has 1 saturated heterocycles. The fourth-order valence-electron chi connectivity index (χ4n) is 2.43. The molecule has 0 radical (unpaired) electrons. The molecular weight excluding hydrogens is 240 g/mol.